The fourth-order valence-corrected chi connectivity index (χ4v) is 4.31. The number of sulfonamides is 1. The van der Waals surface area contributed by atoms with E-state index >= 15 is 0 Å². The van der Waals surface area contributed by atoms with Crippen LogP contribution in [0.25, 0.3) is 0 Å². The smallest absolute Gasteiger partial charge is 0.311 e. The summed E-state index contributed by atoms with van der Waals surface area (Å²) in [6.07, 6.45) is 1.68. The van der Waals surface area contributed by atoms with Gasteiger partial charge in [-0.2, -0.15) is 0 Å². The third-order valence-electron chi connectivity index (χ3n) is 5.64. The molecule has 7 nitrogen and oxygen atoms in total. The Balaban J connectivity index is 2.30. The highest BCUT2D eigenvalue weighted by molar-refractivity contribution is 7.92. The van der Waals surface area contributed by atoms with E-state index in [1.807, 2.05) is 37.8 Å². The van der Waals surface area contributed by atoms with Gasteiger partial charge >= 0.3 is 5.97 Å². The molecule has 0 saturated heterocycles. The largest absolute Gasteiger partial charge is 0.463 e. The number of thiocarbonyl (C=S) groups is 1. The molecule has 1 unspecified atom stereocenters. The first-order chi connectivity index (χ1) is 16.5. The fraction of sp³-hybridized carbons (Fsp3) is 0.481. The lowest BCUT2D eigenvalue weighted by molar-refractivity contribution is -0.154. The van der Waals surface area contributed by atoms with Crippen molar-refractivity contribution in [2.45, 2.75) is 66.0 Å². The Hall–Kier alpha value is -2.65. The zero-order valence-electron chi connectivity index (χ0n) is 22.3. The summed E-state index contributed by atoms with van der Waals surface area (Å²) in [5.74, 6) is -0.297. The summed E-state index contributed by atoms with van der Waals surface area (Å²) < 4.78 is 31.1. The lowest BCUT2D eigenvalue weighted by atomic mass is 9.86. The number of nitrogens with two attached hydrogens (primary N) is 1. The van der Waals surface area contributed by atoms with E-state index in [-0.39, 0.29) is 29.1 Å². The zero-order valence-corrected chi connectivity index (χ0v) is 23.9. The summed E-state index contributed by atoms with van der Waals surface area (Å²) in [6.45, 7) is 12.5. The van der Waals surface area contributed by atoms with Gasteiger partial charge in [-0.1, -0.05) is 57.2 Å². The molecule has 0 radical (unpaired) electrons. The van der Waals surface area contributed by atoms with Crippen molar-refractivity contribution in [3.8, 4) is 0 Å². The van der Waals surface area contributed by atoms with Crippen LogP contribution >= 0.6 is 12.2 Å². The number of nitrogens with one attached hydrogen (secondary N) is 1. The fourth-order valence-electron chi connectivity index (χ4n) is 3.54. The maximum Gasteiger partial charge on any atom is 0.311 e. The van der Waals surface area contributed by atoms with Crippen LogP contribution in [-0.4, -0.2) is 43.3 Å². The molecule has 0 spiro atoms. The topological polar surface area (TPSA) is 102 Å². The molecule has 0 heterocycles. The van der Waals surface area contributed by atoms with Gasteiger partial charge in [0.25, 0.3) is 0 Å². The summed E-state index contributed by atoms with van der Waals surface area (Å²) in [5.41, 5.74) is 9.23. The van der Waals surface area contributed by atoms with Crippen LogP contribution in [-0.2, 0) is 37.9 Å². The zero-order chi connectivity index (χ0) is 27.3. The van der Waals surface area contributed by atoms with Crippen molar-refractivity contribution in [1.82, 2.24) is 4.90 Å². The second kappa shape index (κ2) is 11.6. The van der Waals surface area contributed by atoms with Crippen molar-refractivity contribution in [2.75, 3.05) is 17.6 Å². The van der Waals surface area contributed by atoms with E-state index < -0.39 is 15.4 Å². The lowest BCUT2D eigenvalue weighted by Crippen LogP contribution is -2.47. The summed E-state index contributed by atoms with van der Waals surface area (Å²) in [6, 6.07) is 15.1. The van der Waals surface area contributed by atoms with Gasteiger partial charge in [0, 0.05) is 12.2 Å². The Morgan fingerprint density at radius 3 is 1.97 bits per heavy atom. The molecule has 0 amide bonds. The molecule has 3 N–H and O–H groups in total. The highest BCUT2D eigenvalue weighted by atomic mass is 32.2. The second-order valence-corrected chi connectivity index (χ2v) is 13.4. The first-order valence-electron chi connectivity index (χ1n) is 11.8. The molecular formula is C27H39N3O4S2. The normalized spacial score (nSPS) is 13.1. The van der Waals surface area contributed by atoms with Gasteiger partial charge in [0.15, 0.2) is 5.11 Å². The minimum atomic E-state index is -3.36. The molecule has 2 aromatic carbocycles. The SMILES string of the molecule is CC(C)(C)C(=O)OCC(Cc1ccc(C(C)(C)C)cc1)N(Cc1ccc(NS(C)(=O)=O)cc1)C(N)=S. The van der Waals surface area contributed by atoms with Crippen LogP contribution in [0.1, 0.15) is 58.2 Å². The Morgan fingerprint density at radius 1 is 1.00 bits per heavy atom. The van der Waals surface area contributed by atoms with Gasteiger partial charge < -0.3 is 15.4 Å². The molecular weight excluding hydrogens is 494 g/mol. The monoisotopic (exact) mass is 533 g/mol. The van der Waals surface area contributed by atoms with Crippen LogP contribution in [0.15, 0.2) is 48.5 Å². The molecule has 9 heteroatoms. The predicted octanol–water partition coefficient (Wildman–Crippen LogP) is 4.60. The predicted molar refractivity (Wildman–Crippen MR) is 150 cm³/mol. The summed E-state index contributed by atoms with van der Waals surface area (Å²) in [4.78, 5) is 14.4. The number of carbonyl (C=O) groups is 1. The number of carbonyl (C=O) groups excluding carboxylic acids is 1. The van der Waals surface area contributed by atoms with Crippen molar-refractivity contribution in [3.63, 3.8) is 0 Å². The molecule has 0 fully saturated rings. The molecule has 0 aliphatic heterocycles. The quantitative estimate of drug-likeness (QED) is 0.359. The second-order valence-electron chi connectivity index (χ2n) is 11.2. The van der Waals surface area contributed by atoms with Gasteiger partial charge in [-0.05, 0) is 73.6 Å². The number of esters is 1. The molecule has 1 atom stereocenters. The number of ether oxygens (including phenoxy) is 1. The van der Waals surface area contributed by atoms with E-state index in [9.17, 15) is 13.2 Å². The number of rotatable bonds is 9. The van der Waals surface area contributed by atoms with E-state index in [1.54, 1.807) is 12.1 Å². The molecule has 2 aromatic rings. The van der Waals surface area contributed by atoms with E-state index in [0.29, 0.717) is 18.7 Å². The summed E-state index contributed by atoms with van der Waals surface area (Å²) in [7, 11) is -3.36. The highest BCUT2D eigenvalue weighted by Crippen LogP contribution is 2.24. The molecule has 36 heavy (non-hydrogen) atoms. The Morgan fingerprint density at radius 2 is 1.53 bits per heavy atom. The molecule has 0 aromatic heterocycles. The van der Waals surface area contributed by atoms with E-state index in [2.05, 4.69) is 49.8 Å². The van der Waals surface area contributed by atoms with Crippen molar-refractivity contribution >= 4 is 39.0 Å². The van der Waals surface area contributed by atoms with Gasteiger partial charge in [-0.3, -0.25) is 9.52 Å². The van der Waals surface area contributed by atoms with Crippen LogP contribution in [0.2, 0.25) is 0 Å². The average Bonchev–Trinajstić information content (AvgIpc) is 2.73. The molecule has 0 saturated carbocycles. The van der Waals surface area contributed by atoms with Crippen molar-refractivity contribution in [3.05, 3.63) is 65.2 Å². The third kappa shape index (κ3) is 9.43. The Bertz CT molecular complexity index is 1150. The number of anilines is 1. The van der Waals surface area contributed by atoms with Crippen LogP contribution in [0.5, 0.6) is 0 Å². The van der Waals surface area contributed by atoms with Gasteiger partial charge in [-0.25, -0.2) is 8.42 Å². The van der Waals surface area contributed by atoms with Gasteiger partial charge in [-0.15, -0.1) is 0 Å². The number of hydrogen-bond acceptors (Lipinski definition) is 5. The molecule has 198 valence electrons. The van der Waals surface area contributed by atoms with Crippen molar-refractivity contribution in [2.24, 2.45) is 11.1 Å². The highest BCUT2D eigenvalue weighted by Gasteiger charge is 2.27. The maximum atomic E-state index is 12.5. The van der Waals surface area contributed by atoms with Gasteiger partial charge in [0.05, 0.1) is 17.7 Å². The first-order valence-corrected chi connectivity index (χ1v) is 14.1. The number of nitrogens with zero attached hydrogens (tertiary/aromatic N) is 1. The Labute approximate surface area is 221 Å². The van der Waals surface area contributed by atoms with Crippen LogP contribution < -0.4 is 10.5 Å². The minimum absolute atomic E-state index is 0.0448. The Kier molecular flexibility index (Phi) is 9.53. The van der Waals surface area contributed by atoms with Crippen molar-refractivity contribution < 1.29 is 17.9 Å². The number of hydrogen-bond donors (Lipinski definition) is 2. The number of benzene rings is 2. The standard InChI is InChI=1S/C27H39N3O4S2/c1-26(2,3)21-12-8-19(9-13-21)16-23(18-34-24(31)27(4,5)6)30(25(28)35)17-20-10-14-22(15-11-20)29-36(7,32)33/h8-15,23,29H,16-18H2,1-7H3,(H2,28,35). The average molecular weight is 534 g/mol. The van der Waals surface area contributed by atoms with E-state index in [1.165, 1.54) is 5.56 Å². The van der Waals surface area contributed by atoms with Crippen LogP contribution in [0.4, 0.5) is 5.69 Å². The van der Waals surface area contributed by atoms with Crippen LogP contribution in [0.3, 0.4) is 0 Å². The summed E-state index contributed by atoms with van der Waals surface area (Å²) >= 11 is 5.40. The van der Waals surface area contributed by atoms with Gasteiger partial charge in [0.1, 0.15) is 6.61 Å². The molecule has 0 aliphatic carbocycles. The first kappa shape index (κ1) is 29.6. The van der Waals surface area contributed by atoms with Crippen molar-refractivity contribution in [1.29, 1.82) is 0 Å². The van der Waals surface area contributed by atoms with E-state index in [0.717, 1.165) is 17.4 Å². The maximum absolute atomic E-state index is 12.5. The molecule has 0 bridgehead atoms. The van der Waals surface area contributed by atoms with E-state index in [4.69, 9.17) is 22.7 Å². The molecule has 2 rings (SSSR count). The molecule has 0 aliphatic rings. The third-order valence-corrected chi connectivity index (χ3v) is 6.49. The lowest BCUT2D eigenvalue weighted by Gasteiger charge is -2.33. The summed E-state index contributed by atoms with van der Waals surface area (Å²) in [5, 5.41) is 0.191. The van der Waals surface area contributed by atoms with Gasteiger partial charge in [0.2, 0.25) is 10.0 Å². The minimum Gasteiger partial charge on any atom is -0.463 e. The van der Waals surface area contributed by atoms with Crippen LogP contribution in [0, 0.1) is 5.41 Å².